The molecule has 1 fully saturated rings. The molecule has 24 heavy (non-hydrogen) atoms. The van der Waals surface area contributed by atoms with Crippen LogP contribution < -0.4 is 4.74 Å². The fourth-order valence-electron chi connectivity index (χ4n) is 2.63. The van der Waals surface area contributed by atoms with Crippen LogP contribution in [0.25, 0.3) is 6.08 Å². The Labute approximate surface area is 142 Å². The van der Waals surface area contributed by atoms with Crippen molar-refractivity contribution in [1.29, 1.82) is 0 Å². The molecule has 1 N–H and O–H groups in total. The van der Waals surface area contributed by atoms with Crippen molar-refractivity contribution in [2.24, 2.45) is 0 Å². The second-order valence-corrected chi connectivity index (χ2v) is 5.90. The molecule has 1 amide bonds. The van der Waals surface area contributed by atoms with E-state index in [0.29, 0.717) is 26.1 Å². The molecule has 0 aromatic heterocycles. The maximum Gasteiger partial charge on any atom is 0.246 e. The van der Waals surface area contributed by atoms with E-state index in [1.807, 2.05) is 54.6 Å². The highest BCUT2D eigenvalue weighted by Crippen LogP contribution is 2.16. The summed E-state index contributed by atoms with van der Waals surface area (Å²) in [7, 11) is 0. The minimum absolute atomic E-state index is 0.0593. The van der Waals surface area contributed by atoms with Crippen molar-refractivity contribution in [1.82, 2.24) is 4.90 Å². The third kappa shape index (κ3) is 4.46. The van der Waals surface area contributed by atoms with Crippen LogP contribution in [0.2, 0.25) is 0 Å². The van der Waals surface area contributed by atoms with Gasteiger partial charge in [-0.05, 0) is 35.8 Å². The molecule has 0 bridgehead atoms. The molecule has 1 aliphatic rings. The molecule has 2 aromatic carbocycles. The van der Waals surface area contributed by atoms with Crippen molar-refractivity contribution < 1.29 is 14.6 Å². The lowest BCUT2D eigenvalue weighted by Crippen LogP contribution is -2.27. The number of nitrogens with zero attached hydrogens (tertiary/aromatic N) is 1. The quantitative estimate of drug-likeness (QED) is 0.861. The molecule has 4 heteroatoms. The van der Waals surface area contributed by atoms with E-state index in [2.05, 4.69) is 0 Å². The third-order valence-electron chi connectivity index (χ3n) is 4.02. The first-order chi connectivity index (χ1) is 11.7. The van der Waals surface area contributed by atoms with Gasteiger partial charge in [0.25, 0.3) is 0 Å². The van der Waals surface area contributed by atoms with E-state index >= 15 is 0 Å². The maximum absolute atomic E-state index is 12.0. The van der Waals surface area contributed by atoms with Crippen molar-refractivity contribution in [2.45, 2.75) is 19.1 Å². The van der Waals surface area contributed by atoms with Crippen LogP contribution >= 0.6 is 0 Å². The summed E-state index contributed by atoms with van der Waals surface area (Å²) in [5.41, 5.74) is 2.06. The number of aliphatic hydroxyl groups excluding tert-OH is 1. The second-order valence-electron chi connectivity index (χ2n) is 5.90. The Kier molecular flexibility index (Phi) is 5.29. The number of ether oxygens (including phenoxy) is 1. The summed E-state index contributed by atoms with van der Waals surface area (Å²) >= 11 is 0. The number of rotatable bonds is 5. The Morgan fingerprint density at radius 3 is 2.58 bits per heavy atom. The van der Waals surface area contributed by atoms with E-state index in [4.69, 9.17) is 4.74 Å². The van der Waals surface area contributed by atoms with Crippen LogP contribution in [-0.2, 0) is 11.4 Å². The normalized spacial score (nSPS) is 17.4. The highest BCUT2D eigenvalue weighted by Gasteiger charge is 2.22. The maximum atomic E-state index is 12.0. The average Bonchev–Trinajstić information content (AvgIpc) is 3.06. The van der Waals surface area contributed by atoms with Crippen LogP contribution in [0, 0.1) is 0 Å². The van der Waals surface area contributed by atoms with Crippen molar-refractivity contribution in [2.75, 3.05) is 13.1 Å². The van der Waals surface area contributed by atoms with Gasteiger partial charge in [-0.25, -0.2) is 0 Å². The Balaban J connectivity index is 1.52. The van der Waals surface area contributed by atoms with Gasteiger partial charge in [0.05, 0.1) is 6.10 Å². The van der Waals surface area contributed by atoms with Gasteiger partial charge in [0, 0.05) is 19.2 Å². The summed E-state index contributed by atoms with van der Waals surface area (Å²) in [6, 6.07) is 17.6. The van der Waals surface area contributed by atoms with E-state index in [1.165, 1.54) is 0 Å². The molecule has 3 rings (SSSR count). The number of hydrogen-bond acceptors (Lipinski definition) is 3. The van der Waals surface area contributed by atoms with Gasteiger partial charge >= 0.3 is 0 Å². The lowest BCUT2D eigenvalue weighted by Gasteiger charge is -2.12. The molecule has 0 radical (unpaired) electrons. The summed E-state index contributed by atoms with van der Waals surface area (Å²) in [5, 5.41) is 9.47. The highest BCUT2D eigenvalue weighted by atomic mass is 16.5. The smallest absolute Gasteiger partial charge is 0.246 e. The molecule has 4 nitrogen and oxygen atoms in total. The van der Waals surface area contributed by atoms with Gasteiger partial charge in [-0.15, -0.1) is 0 Å². The van der Waals surface area contributed by atoms with Crippen molar-refractivity contribution in [3.8, 4) is 5.75 Å². The van der Waals surface area contributed by atoms with Crippen LogP contribution in [0.5, 0.6) is 5.75 Å². The van der Waals surface area contributed by atoms with E-state index in [9.17, 15) is 9.90 Å². The summed E-state index contributed by atoms with van der Waals surface area (Å²) < 4.78 is 5.74. The number of carbonyl (C=O) groups is 1. The van der Waals surface area contributed by atoms with E-state index < -0.39 is 0 Å². The zero-order valence-electron chi connectivity index (χ0n) is 13.5. The number of benzene rings is 2. The standard InChI is InChI=1S/C20H21NO3/c22-18-12-13-21(14-18)20(23)11-8-16-6-9-19(10-7-16)24-15-17-4-2-1-3-5-17/h1-11,18,22H,12-15H2/t18-/m0/s1. The molecule has 0 unspecified atom stereocenters. The summed E-state index contributed by atoms with van der Waals surface area (Å²) in [4.78, 5) is 13.7. The number of β-amino-alcohol motifs (C(OH)–C–C–N with tert-alkyl or cyclic N) is 1. The lowest BCUT2D eigenvalue weighted by atomic mass is 10.2. The molecule has 0 spiro atoms. The molecule has 1 atom stereocenters. The summed E-state index contributed by atoms with van der Waals surface area (Å²) in [5.74, 6) is 0.737. The predicted molar refractivity (Wildman–Crippen MR) is 93.5 cm³/mol. The molecule has 0 aliphatic carbocycles. The lowest BCUT2D eigenvalue weighted by molar-refractivity contribution is -0.125. The molecular formula is C20H21NO3. The van der Waals surface area contributed by atoms with Gasteiger partial charge in [-0.2, -0.15) is 0 Å². The molecule has 0 saturated carbocycles. The number of amides is 1. The van der Waals surface area contributed by atoms with Gasteiger partial charge in [0.15, 0.2) is 0 Å². The molecule has 124 valence electrons. The second kappa shape index (κ2) is 7.79. The molecule has 1 saturated heterocycles. The first-order valence-corrected chi connectivity index (χ1v) is 8.12. The van der Waals surface area contributed by atoms with Gasteiger partial charge < -0.3 is 14.7 Å². The zero-order chi connectivity index (χ0) is 16.8. The van der Waals surface area contributed by atoms with Crippen molar-refractivity contribution in [3.63, 3.8) is 0 Å². The summed E-state index contributed by atoms with van der Waals surface area (Å²) in [6.07, 6.45) is 3.61. The third-order valence-corrected chi connectivity index (χ3v) is 4.02. The van der Waals surface area contributed by atoms with Gasteiger partial charge in [-0.1, -0.05) is 42.5 Å². The highest BCUT2D eigenvalue weighted by molar-refractivity contribution is 5.92. The van der Waals surface area contributed by atoms with E-state index in [1.54, 1.807) is 17.1 Å². The molecular weight excluding hydrogens is 302 g/mol. The largest absolute Gasteiger partial charge is 0.489 e. The van der Waals surface area contributed by atoms with Crippen LogP contribution in [0.15, 0.2) is 60.7 Å². The van der Waals surface area contributed by atoms with Gasteiger partial charge in [0.2, 0.25) is 5.91 Å². The Morgan fingerprint density at radius 1 is 1.17 bits per heavy atom. The van der Waals surface area contributed by atoms with Crippen molar-refractivity contribution >= 4 is 12.0 Å². The first kappa shape index (κ1) is 16.3. The predicted octanol–water partition coefficient (Wildman–Crippen LogP) is 2.87. The summed E-state index contributed by atoms with van der Waals surface area (Å²) in [6.45, 7) is 1.58. The SMILES string of the molecule is O=C(C=Cc1ccc(OCc2ccccc2)cc1)N1CC[C@H](O)C1. The van der Waals surface area contributed by atoms with Crippen molar-refractivity contribution in [3.05, 3.63) is 71.8 Å². The first-order valence-electron chi connectivity index (χ1n) is 8.12. The Bertz CT molecular complexity index is 695. The number of likely N-dealkylation sites (tertiary alicyclic amines) is 1. The number of hydrogen-bond donors (Lipinski definition) is 1. The van der Waals surface area contributed by atoms with Crippen LogP contribution in [-0.4, -0.2) is 35.1 Å². The van der Waals surface area contributed by atoms with Crippen LogP contribution in [0.4, 0.5) is 0 Å². The molecule has 1 aliphatic heterocycles. The van der Waals surface area contributed by atoms with Gasteiger partial charge in [-0.3, -0.25) is 4.79 Å². The van der Waals surface area contributed by atoms with Crippen LogP contribution in [0.3, 0.4) is 0 Å². The molecule has 1 heterocycles. The molecule has 2 aromatic rings. The Hall–Kier alpha value is -2.59. The fourth-order valence-corrected chi connectivity index (χ4v) is 2.63. The van der Waals surface area contributed by atoms with E-state index in [0.717, 1.165) is 16.9 Å². The topological polar surface area (TPSA) is 49.8 Å². The fraction of sp³-hybridized carbons (Fsp3) is 0.250. The minimum Gasteiger partial charge on any atom is -0.489 e. The minimum atomic E-state index is -0.386. The van der Waals surface area contributed by atoms with Gasteiger partial charge in [0.1, 0.15) is 12.4 Å². The van der Waals surface area contributed by atoms with E-state index in [-0.39, 0.29) is 12.0 Å². The average molecular weight is 323 g/mol. The zero-order valence-corrected chi connectivity index (χ0v) is 13.5. The monoisotopic (exact) mass is 323 g/mol. The Morgan fingerprint density at radius 2 is 1.92 bits per heavy atom. The number of aliphatic hydroxyl groups is 1. The number of carbonyl (C=O) groups excluding carboxylic acids is 1. The van der Waals surface area contributed by atoms with Crippen LogP contribution in [0.1, 0.15) is 17.5 Å².